The zero-order chi connectivity index (χ0) is 7.33. The summed E-state index contributed by atoms with van der Waals surface area (Å²) in [6.45, 7) is 5.15. The van der Waals surface area contributed by atoms with Crippen LogP contribution in [0.3, 0.4) is 0 Å². The third-order valence-electron chi connectivity index (χ3n) is 0.961. The lowest BCUT2D eigenvalue weighted by Crippen LogP contribution is -2.40. The molecule has 9 heavy (non-hydrogen) atoms. The van der Waals surface area contributed by atoms with Gasteiger partial charge in [-0.25, -0.2) is 0 Å². The minimum absolute atomic E-state index is 0.392. The summed E-state index contributed by atoms with van der Waals surface area (Å²) in [5.74, 6) is -1.46. The van der Waals surface area contributed by atoms with Crippen LogP contribution in [-0.4, -0.2) is 11.0 Å². The largest absolute Gasteiger partial charge is 0.353 e. The molecule has 0 aromatic carbocycles. The summed E-state index contributed by atoms with van der Waals surface area (Å²) in [6, 6.07) is 0. The predicted molar refractivity (Wildman–Crippen MR) is 35.1 cm³/mol. The molecule has 0 aliphatic rings. The molecule has 3 nitrogen and oxygen atoms in total. The molecule has 3 N–H and O–H groups in total. The molecule has 0 aromatic heterocycles. The fourth-order valence-corrected chi connectivity index (χ4v) is 0.311. The Morgan fingerprint density at radius 3 is 2.56 bits per heavy atom. The lowest BCUT2D eigenvalue weighted by Gasteiger charge is -2.20. The van der Waals surface area contributed by atoms with Gasteiger partial charge in [-0.05, 0) is 6.42 Å². The highest BCUT2D eigenvalue weighted by Crippen LogP contribution is 2.05. The summed E-state index contributed by atoms with van der Waals surface area (Å²) < 4.78 is 4.74. The topological polar surface area (TPSA) is 55.5 Å². The number of nitrogens with two attached hydrogens (primary N) is 1. The molecule has 0 aliphatic heterocycles. The van der Waals surface area contributed by atoms with Crippen LogP contribution in [0.5, 0.6) is 0 Å². The molecule has 1 atom stereocenters. The first-order valence-electron chi connectivity index (χ1n) is 3.13. The molecule has 0 aliphatic carbocycles. The Morgan fingerprint density at radius 1 is 1.67 bits per heavy atom. The average Bonchev–Trinajstić information content (AvgIpc) is 1.84. The van der Waals surface area contributed by atoms with Crippen LogP contribution >= 0.6 is 0 Å². The number of hydrogen-bond acceptors (Lipinski definition) is 3. The van der Waals surface area contributed by atoms with Crippen LogP contribution in [0.25, 0.3) is 0 Å². The molecular formula is C6H14NO2. The Balaban J connectivity index is 3.33. The Kier molecular flexibility index (Phi) is 3.77. The molecule has 0 heterocycles. The maximum atomic E-state index is 8.98. The minimum atomic E-state index is -1.46. The highest BCUT2D eigenvalue weighted by molar-refractivity contribution is 4.57. The number of ether oxygens (including phenoxy) is 1. The Morgan fingerprint density at radius 2 is 2.22 bits per heavy atom. The molecular weight excluding hydrogens is 118 g/mol. The molecule has 55 valence electrons. The average molecular weight is 132 g/mol. The van der Waals surface area contributed by atoms with Crippen LogP contribution in [0.4, 0.5) is 0 Å². The Bertz CT molecular complexity index is 73.5. The van der Waals surface area contributed by atoms with Gasteiger partial charge in [-0.2, -0.15) is 0 Å². The molecule has 0 bridgehead atoms. The van der Waals surface area contributed by atoms with E-state index < -0.39 is 5.91 Å². The van der Waals surface area contributed by atoms with Crippen molar-refractivity contribution in [3.05, 3.63) is 6.61 Å². The monoisotopic (exact) mass is 132 g/mol. The van der Waals surface area contributed by atoms with E-state index in [4.69, 9.17) is 15.6 Å². The molecule has 0 rings (SSSR count). The van der Waals surface area contributed by atoms with E-state index in [-0.39, 0.29) is 0 Å². The SMILES string of the molecule is CC[CH]OC(N)(O)CC. The third kappa shape index (κ3) is 4.39. The number of aliphatic hydroxyl groups is 1. The second-order valence-corrected chi connectivity index (χ2v) is 1.89. The standard InChI is InChI=1S/C6H14NO2/c1-3-5-9-6(7,8)4-2/h5,8H,3-4,7H2,1-2H3. The van der Waals surface area contributed by atoms with Crippen molar-refractivity contribution in [1.29, 1.82) is 0 Å². The van der Waals surface area contributed by atoms with Gasteiger partial charge in [0.15, 0.2) is 0 Å². The normalized spacial score (nSPS) is 17.3. The quantitative estimate of drug-likeness (QED) is 0.550. The van der Waals surface area contributed by atoms with E-state index in [9.17, 15) is 0 Å². The Labute approximate surface area is 55.8 Å². The van der Waals surface area contributed by atoms with Gasteiger partial charge < -0.3 is 9.84 Å². The molecule has 0 fully saturated rings. The molecule has 0 spiro atoms. The van der Waals surface area contributed by atoms with Crippen molar-refractivity contribution in [3.63, 3.8) is 0 Å². The van der Waals surface area contributed by atoms with Crippen molar-refractivity contribution in [2.24, 2.45) is 5.73 Å². The fraction of sp³-hybridized carbons (Fsp3) is 0.833. The molecule has 0 saturated heterocycles. The molecule has 0 amide bonds. The van der Waals surface area contributed by atoms with Crippen LogP contribution in [0.15, 0.2) is 0 Å². The smallest absolute Gasteiger partial charge is 0.222 e. The van der Waals surface area contributed by atoms with Crippen LogP contribution in [-0.2, 0) is 4.74 Å². The van der Waals surface area contributed by atoms with Crippen molar-refractivity contribution < 1.29 is 9.84 Å². The lowest BCUT2D eigenvalue weighted by molar-refractivity contribution is -0.179. The summed E-state index contributed by atoms with van der Waals surface area (Å²) in [4.78, 5) is 0. The second-order valence-electron chi connectivity index (χ2n) is 1.89. The zero-order valence-corrected chi connectivity index (χ0v) is 5.92. The van der Waals surface area contributed by atoms with E-state index in [0.29, 0.717) is 6.42 Å². The molecule has 1 radical (unpaired) electrons. The van der Waals surface area contributed by atoms with Gasteiger partial charge in [0.25, 0.3) is 0 Å². The van der Waals surface area contributed by atoms with Crippen LogP contribution in [0, 0.1) is 6.61 Å². The summed E-state index contributed by atoms with van der Waals surface area (Å²) >= 11 is 0. The maximum Gasteiger partial charge on any atom is 0.222 e. The van der Waals surface area contributed by atoms with Gasteiger partial charge in [-0.15, -0.1) is 0 Å². The van der Waals surface area contributed by atoms with Gasteiger partial charge in [0.1, 0.15) is 0 Å². The van der Waals surface area contributed by atoms with Gasteiger partial charge in [0.2, 0.25) is 5.91 Å². The third-order valence-corrected chi connectivity index (χ3v) is 0.961. The number of rotatable bonds is 4. The van der Waals surface area contributed by atoms with Gasteiger partial charge in [0.05, 0.1) is 6.61 Å². The maximum absolute atomic E-state index is 8.98. The van der Waals surface area contributed by atoms with Gasteiger partial charge >= 0.3 is 0 Å². The van der Waals surface area contributed by atoms with Crippen molar-refractivity contribution in [2.45, 2.75) is 32.6 Å². The summed E-state index contributed by atoms with van der Waals surface area (Å²) in [5, 5.41) is 8.98. The van der Waals surface area contributed by atoms with E-state index in [0.717, 1.165) is 6.42 Å². The summed E-state index contributed by atoms with van der Waals surface area (Å²) in [5.41, 5.74) is 5.20. The van der Waals surface area contributed by atoms with E-state index in [1.807, 2.05) is 6.92 Å². The first kappa shape index (κ1) is 8.88. The van der Waals surface area contributed by atoms with Crippen molar-refractivity contribution in [2.75, 3.05) is 0 Å². The summed E-state index contributed by atoms with van der Waals surface area (Å²) in [7, 11) is 0. The predicted octanol–water partition coefficient (Wildman–Crippen LogP) is 0.590. The van der Waals surface area contributed by atoms with Crippen molar-refractivity contribution in [1.82, 2.24) is 0 Å². The van der Waals surface area contributed by atoms with Gasteiger partial charge in [-0.1, -0.05) is 13.8 Å². The van der Waals surface area contributed by atoms with Gasteiger partial charge in [-0.3, -0.25) is 5.73 Å². The second kappa shape index (κ2) is 3.82. The molecule has 0 saturated carbocycles. The van der Waals surface area contributed by atoms with Crippen LogP contribution in [0.2, 0.25) is 0 Å². The van der Waals surface area contributed by atoms with E-state index in [1.54, 1.807) is 6.92 Å². The lowest BCUT2D eigenvalue weighted by atomic mass is 10.4. The zero-order valence-electron chi connectivity index (χ0n) is 5.92. The van der Waals surface area contributed by atoms with Crippen LogP contribution in [0.1, 0.15) is 26.7 Å². The minimum Gasteiger partial charge on any atom is -0.353 e. The molecule has 1 unspecified atom stereocenters. The highest BCUT2D eigenvalue weighted by Gasteiger charge is 2.17. The van der Waals surface area contributed by atoms with Crippen molar-refractivity contribution in [3.8, 4) is 0 Å². The molecule has 0 aromatic rings. The van der Waals surface area contributed by atoms with Crippen molar-refractivity contribution >= 4 is 0 Å². The van der Waals surface area contributed by atoms with E-state index >= 15 is 0 Å². The highest BCUT2D eigenvalue weighted by atomic mass is 16.6. The van der Waals surface area contributed by atoms with Crippen LogP contribution < -0.4 is 5.73 Å². The first-order chi connectivity index (χ1) is 4.12. The van der Waals surface area contributed by atoms with E-state index in [2.05, 4.69) is 0 Å². The van der Waals surface area contributed by atoms with Gasteiger partial charge in [0, 0.05) is 6.42 Å². The van der Waals surface area contributed by atoms with E-state index in [1.165, 1.54) is 6.61 Å². The Hall–Kier alpha value is -0.120. The summed E-state index contributed by atoms with van der Waals surface area (Å²) in [6.07, 6.45) is 1.14. The molecule has 3 heteroatoms. The number of hydrogen-bond donors (Lipinski definition) is 2. The first-order valence-corrected chi connectivity index (χ1v) is 3.13. The fourth-order valence-electron chi connectivity index (χ4n) is 0.311.